The second kappa shape index (κ2) is 12.1. The molecule has 0 radical (unpaired) electrons. The van der Waals surface area contributed by atoms with Crippen molar-refractivity contribution in [3.8, 4) is 6.07 Å². The van der Waals surface area contributed by atoms with Crippen LogP contribution in [-0.4, -0.2) is 67.5 Å². The number of rotatable bonds is 9. The number of hydroxylamine groups is 1. The molecule has 206 valence electrons. The van der Waals surface area contributed by atoms with E-state index in [9.17, 15) is 19.6 Å². The van der Waals surface area contributed by atoms with Gasteiger partial charge in [0.05, 0.1) is 37.1 Å². The zero-order chi connectivity index (χ0) is 28.0. The van der Waals surface area contributed by atoms with Gasteiger partial charge < -0.3 is 15.0 Å². The highest BCUT2D eigenvalue weighted by atomic mass is 19.1. The van der Waals surface area contributed by atoms with Gasteiger partial charge in [-0.2, -0.15) is 10.7 Å². The Morgan fingerprint density at radius 1 is 1.23 bits per heavy atom. The number of hydrazine groups is 1. The zero-order valence-corrected chi connectivity index (χ0v) is 21.9. The fraction of sp³-hybridized carbons (Fsp3) is 0.407. The molecule has 2 fully saturated rings. The summed E-state index contributed by atoms with van der Waals surface area (Å²) < 4.78 is 20.5. The quantitative estimate of drug-likeness (QED) is 0.467. The van der Waals surface area contributed by atoms with Gasteiger partial charge in [-0.1, -0.05) is 18.2 Å². The van der Waals surface area contributed by atoms with Crippen LogP contribution in [0.3, 0.4) is 0 Å². The van der Waals surface area contributed by atoms with Gasteiger partial charge >= 0.3 is 6.09 Å². The molecule has 2 saturated heterocycles. The lowest BCUT2D eigenvalue weighted by Gasteiger charge is -2.41. The van der Waals surface area contributed by atoms with Crippen LogP contribution in [0.15, 0.2) is 48.5 Å². The first-order chi connectivity index (χ1) is 18.7. The minimum absolute atomic E-state index is 0.179. The molecular weight excluding hydrogens is 507 g/mol. The Labute approximate surface area is 226 Å². The summed E-state index contributed by atoms with van der Waals surface area (Å²) in [6.07, 6.45) is -0.522. The number of hydrogen-bond donors (Lipinski definition) is 2. The van der Waals surface area contributed by atoms with Gasteiger partial charge in [0.15, 0.2) is 0 Å². The number of piperidine rings is 1. The van der Waals surface area contributed by atoms with Gasteiger partial charge in [0, 0.05) is 25.6 Å². The van der Waals surface area contributed by atoms with Gasteiger partial charge in [-0.3, -0.25) is 19.3 Å². The summed E-state index contributed by atoms with van der Waals surface area (Å²) >= 11 is 0. The molecule has 0 saturated carbocycles. The highest BCUT2D eigenvalue weighted by molar-refractivity contribution is 5.93. The van der Waals surface area contributed by atoms with Crippen LogP contribution in [0.5, 0.6) is 0 Å². The van der Waals surface area contributed by atoms with E-state index >= 15 is 4.39 Å². The number of anilines is 2. The van der Waals surface area contributed by atoms with E-state index in [1.165, 1.54) is 17.9 Å². The van der Waals surface area contributed by atoms with Crippen molar-refractivity contribution in [1.29, 1.82) is 5.26 Å². The van der Waals surface area contributed by atoms with Crippen LogP contribution < -0.4 is 20.5 Å². The number of amides is 3. The number of carbonyl (C=O) groups is 3. The lowest BCUT2D eigenvalue weighted by molar-refractivity contribution is -0.167. The average molecular weight is 539 g/mol. The smallest absolute Gasteiger partial charge is 0.414 e. The van der Waals surface area contributed by atoms with Crippen LogP contribution in [0.1, 0.15) is 37.0 Å². The van der Waals surface area contributed by atoms with Gasteiger partial charge in [-0.05, 0) is 50.1 Å². The van der Waals surface area contributed by atoms with E-state index in [-0.39, 0.29) is 25.6 Å². The lowest BCUT2D eigenvalue weighted by Crippen LogP contribution is -2.60. The summed E-state index contributed by atoms with van der Waals surface area (Å²) in [5.41, 5.74) is 2.99. The Bertz CT molecular complexity index is 1240. The number of halogens is 1. The highest BCUT2D eigenvalue weighted by Crippen LogP contribution is 2.32. The van der Waals surface area contributed by atoms with Crippen molar-refractivity contribution < 1.29 is 28.3 Å². The highest BCUT2D eigenvalue weighted by Gasteiger charge is 2.39. The molecule has 2 aliphatic rings. The lowest BCUT2D eigenvalue weighted by atomic mass is 9.89. The Hall–Kier alpha value is -4.21. The third kappa shape index (κ3) is 6.45. The Morgan fingerprint density at radius 2 is 1.95 bits per heavy atom. The molecule has 2 aromatic carbocycles. The van der Waals surface area contributed by atoms with E-state index in [1.54, 1.807) is 49.4 Å². The van der Waals surface area contributed by atoms with Gasteiger partial charge in [0.1, 0.15) is 17.5 Å². The number of nitriles is 1. The summed E-state index contributed by atoms with van der Waals surface area (Å²) in [4.78, 5) is 45.0. The second-order valence-electron chi connectivity index (χ2n) is 9.37. The van der Waals surface area contributed by atoms with E-state index in [1.807, 2.05) is 4.90 Å². The number of carbonyl (C=O) groups excluding carboxylic acids is 3. The number of nitrogens with zero attached hydrogens (tertiary/aromatic N) is 4. The maximum atomic E-state index is 15.2. The molecule has 2 aromatic rings. The first-order valence-electron chi connectivity index (χ1n) is 12.7. The molecule has 4 rings (SSSR count). The standard InChI is InChI=1S/C27H31FN6O5/c1-3-38-34(25(36)20-7-5-4-6-8-20)31-27(18-29)11-13-32(14-12-27)24-10-9-21(15-23(24)28)33-17-22(39-26(33)37)16-30-19(2)35/h4-10,15,22,31H,3,11-14,16-17H2,1-2H3,(H,30,35)/t22-/m0/s1. The molecule has 12 heteroatoms. The largest absolute Gasteiger partial charge is 0.442 e. The summed E-state index contributed by atoms with van der Waals surface area (Å²) in [7, 11) is 0. The van der Waals surface area contributed by atoms with Crippen molar-refractivity contribution in [3.63, 3.8) is 0 Å². The normalized spacial score (nSPS) is 18.3. The number of hydrogen-bond acceptors (Lipinski definition) is 8. The zero-order valence-electron chi connectivity index (χ0n) is 21.9. The Kier molecular flexibility index (Phi) is 8.63. The summed E-state index contributed by atoms with van der Waals surface area (Å²) in [6, 6.07) is 15.4. The van der Waals surface area contributed by atoms with E-state index in [0.29, 0.717) is 42.9 Å². The van der Waals surface area contributed by atoms with E-state index in [0.717, 1.165) is 5.17 Å². The molecule has 0 spiro atoms. The predicted octanol–water partition coefficient (Wildman–Crippen LogP) is 2.75. The molecule has 3 amide bonds. The number of cyclic esters (lactones) is 1. The molecule has 0 bridgehead atoms. The fourth-order valence-electron chi connectivity index (χ4n) is 4.56. The summed E-state index contributed by atoms with van der Waals surface area (Å²) in [6.45, 7) is 4.40. The van der Waals surface area contributed by atoms with Crippen LogP contribution in [0.4, 0.5) is 20.6 Å². The molecule has 39 heavy (non-hydrogen) atoms. The molecule has 0 aromatic heterocycles. The maximum absolute atomic E-state index is 15.2. The van der Waals surface area contributed by atoms with Gasteiger partial charge in [-0.15, -0.1) is 5.17 Å². The number of ether oxygens (including phenoxy) is 1. The van der Waals surface area contributed by atoms with E-state index in [2.05, 4.69) is 16.8 Å². The van der Waals surface area contributed by atoms with Gasteiger partial charge in [-0.25, -0.2) is 9.18 Å². The molecular formula is C27H31FN6O5. The fourth-order valence-corrected chi connectivity index (χ4v) is 4.56. The van der Waals surface area contributed by atoms with Crippen LogP contribution in [0.2, 0.25) is 0 Å². The van der Waals surface area contributed by atoms with E-state index < -0.39 is 29.5 Å². The minimum atomic E-state index is -1.09. The van der Waals surface area contributed by atoms with Crippen LogP contribution in [0.25, 0.3) is 0 Å². The number of nitrogens with one attached hydrogen (secondary N) is 2. The van der Waals surface area contributed by atoms with E-state index in [4.69, 9.17) is 9.57 Å². The maximum Gasteiger partial charge on any atom is 0.414 e. The van der Waals surface area contributed by atoms with Gasteiger partial charge in [0.2, 0.25) is 5.91 Å². The van der Waals surface area contributed by atoms with Crippen LogP contribution >= 0.6 is 0 Å². The predicted molar refractivity (Wildman–Crippen MR) is 140 cm³/mol. The average Bonchev–Trinajstić information content (AvgIpc) is 3.32. The van der Waals surface area contributed by atoms with Crippen molar-refractivity contribution in [1.82, 2.24) is 15.9 Å². The van der Waals surface area contributed by atoms with Crippen molar-refractivity contribution in [2.75, 3.05) is 42.6 Å². The van der Waals surface area contributed by atoms with Crippen molar-refractivity contribution in [2.45, 2.75) is 38.3 Å². The Morgan fingerprint density at radius 3 is 2.56 bits per heavy atom. The molecule has 0 unspecified atom stereocenters. The third-order valence-corrected chi connectivity index (χ3v) is 6.65. The topological polar surface area (TPSA) is 127 Å². The molecule has 1 atom stereocenters. The SMILES string of the molecule is CCON(NC1(C#N)CCN(c2ccc(N3C[C@H](CNC(C)=O)OC3=O)cc2F)CC1)C(=O)c1ccccc1. The second-order valence-corrected chi connectivity index (χ2v) is 9.37. The molecule has 2 aliphatic heterocycles. The monoisotopic (exact) mass is 538 g/mol. The van der Waals surface area contributed by atoms with Crippen molar-refractivity contribution in [2.24, 2.45) is 0 Å². The molecule has 2 N–H and O–H groups in total. The molecule has 11 nitrogen and oxygen atoms in total. The summed E-state index contributed by atoms with van der Waals surface area (Å²) in [5, 5.41) is 13.6. The molecule has 0 aliphatic carbocycles. The molecule has 2 heterocycles. The summed E-state index contributed by atoms with van der Waals surface area (Å²) in [5.74, 6) is -1.17. The number of benzene rings is 2. The minimum Gasteiger partial charge on any atom is -0.442 e. The Balaban J connectivity index is 1.41. The van der Waals surface area contributed by atoms with Crippen molar-refractivity contribution in [3.05, 3.63) is 59.9 Å². The van der Waals surface area contributed by atoms with Crippen LogP contribution in [-0.2, 0) is 14.4 Å². The first-order valence-corrected chi connectivity index (χ1v) is 12.7. The van der Waals surface area contributed by atoms with Crippen molar-refractivity contribution >= 4 is 29.3 Å². The van der Waals surface area contributed by atoms with Crippen LogP contribution in [0, 0.1) is 17.1 Å². The van der Waals surface area contributed by atoms with Gasteiger partial charge in [0.25, 0.3) is 5.91 Å². The first kappa shape index (κ1) is 27.8. The third-order valence-electron chi connectivity index (χ3n) is 6.65.